The van der Waals surface area contributed by atoms with E-state index >= 15 is 0 Å². The topological polar surface area (TPSA) is 53.6 Å². The Hall–Kier alpha value is -1.32. The van der Waals surface area contributed by atoms with Crippen LogP contribution < -0.4 is 4.98 Å². The van der Waals surface area contributed by atoms with E-state index in [4.69, 9.17) is 4.42 Å². The van der Waals surface area contributed by atoms with E-state index < -0.39 is 5.97 Å². The van der Waals surface area contributed by atoms with E-state index in [2.05, 4.69) is 9.72 Å². The Bertz CT molecular complexity index is 205. The summed E-state index contributed by atoms with van der Waals surface area (Å²) in [6, 6.07) is 0. The number of aromatic amines is 1. The number of aromatic nitrogens is 1. The molecule has 0 saturated heterocycles. The van der Waals surface area contributed by atoms with Crippen LogP contribution in [0.3, 0.4) is 0 Å². The molecule has 0 saturated carbocycles. The summed E-state index contributed by atoms with van der Waals surface area (Å²) in [5, 5.41) is 0. The maximum atomic E-state index is 10.8. The summed E-state index contributed by atoms with van der Waals surface area (Å²) in [4.78, 5) is 13.4. The van der Waals surface area contributed by atoms with Crippen molar-refractivity contribution in [2.24, 2.45) is 0 Å². The molecule has 0 radical (unpaired) electrons. The van der Waals surface area contributed by atoms with Gasteiger partial charge < -0.3 is 9.15 Å². The van der Waals surface area contributed by atoms with Crippen LogP contribution in [0.2, 0.25) is 0 Å². The van der Waals surface area contributed by atoms with E-state index in [1.165, 1.54) is 12.6 Å². The lowest BCUT2D eigenvalue weighted by Crippen LogP contribution is -2.03. The molecule has 1 heterocycles. The van der Waals surface area contributed by atoms with Gasteiger partial charge in [0.05, 0.1) is 6.61 Å². The third-order valence-electron chi connectivity index (χ3n) is 0.945. The monoisotopic (exact) mass is 142 g/mol. The van der Waals surface area contributed by atoms with Crippen molar-refractivity contribution in [1.29, 1.82) is 0 Å². The number of rotatable bonds is 2. The van der Waals surface area contributed by atoms with Crippen LogP contribution in [0.25, 0.3) is 0 Å². The molecule has 1 rings (SSSR count). The SMILES string of the molecule is CCOC(=O)c1c[nH+]co1. The Balaban J connectivity index is 2.59. The maximum Gasteiger partial charge on any atom is 0.380 e. The Morgan fingerprint density at radius 3 is 3.20 bits per heavy atom. The summed E-state index contributed by atoms with van der Waals surface area (Å²) < 4.78 is 9.35. The summed E-state index contributed by atoms with van der Waals surface area (Å²) in [5.74, 6) is -0.245. The highest BCUT2D eigenvalue weighted by Gasteiger charge is 2.12. The summed E-state index contributed by atoms with van der Waals surface area (Å²) >= 11 is 0. The fourth-order valence-corrected chi connectivity index (χ4v) is 0.550. The second kappa shape index (κ2) is 3.00. The quantitative estimate of drug-likeness (QED) is 0.557. The molecule has 0 aliphatic carbocycles. The molecule has 1 aromatic rings. The van der Waals surface area contributed by atoms with E-state index in [0.29, 0.717) is 6.61 Å². The molecule has 10 heavy (non-hydrogen) atoms. The number of ether oxygens (including phenoxy) is 1. The van der Waals surface area contributed by atoms with E-state index in [1.54, 1.807) is 6.92 Å². The molecule has 4 nitrogen and oxygen atoms in total. The molecule has 0 amide bonds. The molecule has 54 valence electrons. The highest BCUT2D eigenvalue weighted by Crippen LogP contribution is 1.95. The zero-order valence-corrected chi connectivity index (χ0v) is 5.59. The van der Waals surface area contributed by atoms with Gasteiger partial charge in [-0.05, 0) is 6.92 Å². The Kier molecular flexibility index (Phi) is 2.04. The van der Waals surface area contributed by atoms with Crippen LogP contribution in [0.5, 0.6) is 0 Å². The number of nitrogens with one attached hydrogen (secondary N) is 1. The van der Waals surface area contributed by atoms with Crippen molar-refractivity contribution in [1.82, 2.24) is 0 Å². The minimum atomic E-state index is -0.441. The summed E-state index contributed by atoms with van der Waals surface area (Å²) in [5.41, 5.74) is 0. The van der Waals surface area contributed by atoms with Crippen LogP contribution in [0.4, 0.5) is 0 Å². The third-order valence-corrected chi connectivity index (χ3v) is 0.945. The fraction of sp³-hybridized carbons (Fsp3) is 0.333. The molecule has 0 aliphatic rings. The lowest BCUT2D eigenvalue weighted by atomic mass is 10.5. The number of carbonyl (C=O) groups excluding carboxylic acids is 1. The third kappa shape index (κ3) is 1.34. The van der Waals surface area contributed by atoms with E-state index in [0.717, 1.165) is 0 Å². The number of hydrogen-bond donors (Lipinski definition) is 0. The number of H-pyrrole nitrogens is 1. The molecule has 0 fully saturated rings. The predicted molar refractivity (Wildman–Crippen MR) is 31.2 cm³/mol. The van der Waals surface area contributed by atoms with Crippen LogP contribution in [-0.2, 0) is 4.74 Å². The van der Waals surface area contributed by atoms with Crippen LogP contribution in [-0.4, -0.2) is 12.6 Å². The van der Waals surface area contributed by atoms with Crippen molar-refractivity contribution in [2.75, 3.05) is 6.61 Å². The number of esters is 1. The minimum Gasteiger partial charge on any atom is -0.460 e. The van der Waals surface area contributed by atoms with Gasteiger partial charge in [-0.2, -0.15) is 4.98 Å². The normalized spacial score (nSPS) is 9.30. The Morgan fingerprint density at radius 1 is 1.90 bits per heavy atom. The highest BCUT2D eigenvalue weighted by atomic mass is 16.5. The molecule has 4 heteroatoms. The van der Waals surface area contributed by atoms with Gasteiger partial charge >= 0.3 is 12.4 Å². The summed E-state index contributed by atoms with van der Waals surface area (Å²) in [7, 11) is 0. The van der Waals surface area contributed by atoms with E-state index in [-0.39, 0.29) is 5.76 Å². The lowest BCUT2D eigenvalue weighted by Gasteiger charge is -1.92. The zero-order valence-electron chi connectivity index (χ0n) is 5.59. The zero-order chi connectivity index (χ0) is 7.40. The summed E-state index contributed by atoms with van der Waals surface area (Å²) in [6.45, 7) is 2.10. The molecule has 0 atom stereocenters. The van der Waals surface area contributed by atoms with Gasteiger partial charge in [-0.3, -0.25) is 0 Å². The molecule has 1 aromatic heterocycles. The average molecular weight is 142 g/mol. The van der Waals surface area contributed by atoms with Crippen LogP contribution in [0.15, 0.2) is 17.0 Å². The molecular weight excluding hydrogens is 134 g/mol. The largest absolute Gasteiger partial charge is 0.460 e. The first-order chi connectivity index (χ1) is 4.84. The molecular formula is C6H8NO3+. The first-order valence-corrected chi connectivity index (χ1v) is 2.96. The van der Waals surface area contributed by atoms with Gasteiger partial charge in [-0.15, -0.1) is 0 Å². The molecule has 0 aliphatic heterocycles. The molecule has 0 aromatic carbocycles. The Morgan fingerprint density at radius 2 is 2.70 bits per heavy atom. The lowest BCUT2D eigenvalue weighted by molar-refractivity contribution is -0.383. The van der Waals surface area contributed by atoms with E-state index in [1.807, 2.05) is 0 Å². The van der Waals surface area contributed by atoms with Gasteiger partial charge in [0.15, 0.2) is 0 Å². The van der Waals surface area contributed by atoms with Crippen LogP contribution in [0.1, 0.15) is 17.5 Å². The van der Waals surface area contributed by atoms with Crippen molar-refractivity contribution in [3.63, 3.8) is 0 Å². The predicted octanol–water partition coefficient (Wildman–Crippen LogP) is 0.270. The van der Waals surface area contributed by atoms with Crippen LogP contribution >= 0.6 is 0 Å². The number of hydrogen-bond acceptors (Lipinski definition) is 3. The second-order valence-corrected chi connectivity index (χ2v) is 1.63. The molecule has 0 unspecified atom stereocenters. The van der Waals surface area contributed by atoms with Crippen molar-refractivity contribution in [3.05, 3.63) is 18.4 Å². The minimum absolute atomic E-state index is 0.196. The second-order valence-electron chi connectivity index (χ2n) is 1.63. The van der Waals surface area contributed by atoms with Gasteiger partial charge in [0.1, 0.15) is 0 Å². The van der Waals surface area contributed by atoms with Gasteiger partial charge in [-0.25, -0.2) is 4.79 Å². The van der Waals surface area contributed by atoms with Gasteiger partial charge in [0.2, 0.25) is 6.20 Å². The molecule has 1 N–H and O–H groups in total. The first kappa shape index (κ1) is 6.80. The number of carbonyl (C=O) groups is 1. The van der Waals surface area contributed by atoms with Crippen molar-refractivity contribution in [2.45, 2.75) is 6.92 Å². The fourth-order valence-electron chi connectivity index (χ4n) is 0.550. The van der Waals surface area contributed by atoms with Crippen LogP contribution in [0, 0.1) is 0 Å². The standard InChI is InChI=1S/C6H7NO3/c1-2-9-6(8)5-3-7-4-10-5/h3-4H,2H2,1H3/p+1. The molecule has 0 spiro atoms. The van der Waals surface area contributed by atoms with Gasteiger partial charge in [0, 0.05) is 0 Å². The summed E-state index contributed by atoms with van der Waals surface area (Å²) in [6.07, 6.45) is 2.75. The van der Waals surface area contributed by atoms with Gasteiger partial charge in [0.25, 0.3) is 5.76 Å². The smallest absolute Gasteiger partial charge is 0.380 e. The number of oxazole rings is 1. The molecule has 0 bridgehead atoms. The average Bonchev–Trinajstić information content (AvgIpc) is 2.38. The Labute approximate surface area is 57.8 Å². The van der Waals surface area contributed by atoms with Crippen molar-refractivity contribution in [3.8, 4) is 0 Å². The van der Waals surface area contributed by atoms with Crippen molar-refractivity contribution < 1.29 is 18.9 Å². The van der Waals surface area contributed by atoms with E-state index in [9.17, 15) is 4.79 Å². The maximum absolute atomic E-state index is 10.8. The first-order valence-electron chi connectivity index (χ1n) is 2.96. The van der Waals surface area contributed by atoms with Crippen molar-refractivity contribution >= 4 is 5.97 Å². The van der Waals surface area contributed by atoms with Gasteiger partial charge in [-0.1, -0.05) is 0 Å². The highest BCUT2D eigenvalue weighted by molar-refractivity contribution is 5.85.